The molecule has 2 aromatic rings. The van der Waals surface area contributed by atoms with Crippen molar-refractivity contribution in [3.8, 4) is 0 Å². The van der Waals surface area contributed by atoms with Crippen LogP contribution in [-0.4, -0.2) is 26.9 Å². The van der Waals surface area contributed by atoms with E-state index in [2.05, 4.69) is 31.7 Å². The Hall–Kier alpha value is -2.35. The molecule has 1 aromatic heterocycles. The number of nitrogens with one attached hydrogen (secondary N) is 2. The molecule has 0 radical (unpaired) electrons. The Balaban J connectivity index is 2.08. The fourth-order valence-corrected chi connectivity index (χ4v) is 1.94. The van der Waals surface area contributed by atoms with E-state index in [-0.39, 0.29) is 5.56 Å². The summed E-state index contributed by atoms with van der Waals surface area (Å²) >= 11 is 3.13. The number of nitrogens with zero attached hydrogens (tertiary/aromatic N) is 2. The molecule has 7 nitrogen and oxygen atoms in total. The first kappa shape index (κ1) is 14.1. The second-order valence-corrected chi connectivity index (χ2v) is 4.81. The highest BCUT2D eigenvalue weighted by Crippen LogP contribution is 2.21. The fraction of sp³-hybridized carbons (Fsp3) is 0.0833. The van der Waals surface area contributed by atoms with Crippen molar-refractivity contribution in [1.29, 1.82) is 0 Å². The van der Waals surface area contributed by atoms with Gasteiger partial charge in [0.1, 0.15) is 0 Å². The third kappa shape index (κ3) is 3.35. The molecule has 8 heteroatoms. The Morgan fingerprint density at radius 2 is 2.05 bits per heavy atom. The normalized spacial score (nSPS) is 10.1. The highest BCUT2D eigenvalue weighted by atomic mass is 79.9. The second kappa shape index (κ2) is 5.74. The summed E-state index contributed by atoms with van der Waals surface area (Å²) in [6.07, 6.45) is 1.69. The highest BCUT2D eigenvalue weighted by Gasteiger charge is 2.11. The summed E-state index contributed by atoms with van der Waals surface area (Å²) in [6.45, 7) is 0. The molecule has 2 rings (SSSR count). The van der Waals surface area contributed by atoms with E-state index < -0.39 is 12.0 Å². The predicted octanol–water partition coefficient (Wildman–Crippen LogP) is 2.52. The van der Waals surface area contributed by atoms with Gasteiger partial charge in [-0.2, -0.15) is 5.10 Å². The van der Waals surface area contributed by atoms with Gasteiger partial charge >= 0.3 is 12.0 Å². The summed E-state index contributed by atoms with van der Waals surface area (Å²) < 4.78 is 2.00. The van der Waals surface area contributed by atoms with E-state index in [9.17, 15) is 9.59 Å². The maximum Gasteiger partial charge on any atom is 0.336 e. The van der Waals surface area contributed by atoms with E-state index in [0.717, 1.165) is 0 Å². The summed E-state index contributed by atoms with van der Waals surface area (Å²) in [5.41, 5.74) is 0.444. The average molecular weight is 339 g/mol. The second-order valence-electron chi connectivity index (χ2n) is 3.95. The zero-order valence-electron chi connectivity index (χ0n) is 10.4. The number of carboxylic acids is 1. The first-order chi connectivity index (χ1) is 9.45. The molecule has 1 heterocycles. The van der Waals surface area contributed by atoms with Gasteiger partial charge in [0.15, 0.2) is 5.82 Å². The molecule has 0 aliphatic rings. The molecule has 0 fully saturated rings. The number of aromatic carboxylic acids is 1. The van der Waals surface area contributed by atoms with Gasteiger partial charge in [0.25, 0.3) is 0 Å². The van der Waals surface area contributed by atoms with Gasteiger partial charge in [-0.1, -0.05) is 0 Å². The summed E-state index contributed by atoms with van der Waals surface area (Å²) in [5.74, 6) is -0.675. The lowest BCUT2D eigenvalue weighted by atomic mass is 10.2. The van der Waals surface area contributed by atoms with Crippen LogP contribution in [0.5, 0.6) is 0 Å². The summed E-state index contributed by atoms with van der Waals surface area (Å²) in [4.78, 5) is 22.7. The van der Waals surface area contributed by atoms with E-state index in [1.54, 1.807) is 36.1 Å². The molecule has 1 aromatic carbocycles. The van der Waals surface area contributed by atoms with Crippen molar-refractivity contribution in [1.82, 2.24) is 9.78 Å². The minimum atomic E-state index is -1.08. The van der Waals surface area contributed by atoms with Gasteiger partial charge in [-0.05, 0) is 34.1 Å². The number of anilines is 2. The molecule has 3 N–H and O–H groups in total. The largest absolute Gasteiger partial charge is 0.478 e. The molecule has 0 saturated carbocycles. The van der Waals surface area contributed by atoms with Gasteiger partial charge in [0.05, 0.1) is 5.56 Å². The van der Waals surface area contributed by atoms with Crippen LogP contribution >= 0.6 is 15.9 Å². The molecule has 2 amide bonds. The average Bonchev–Trinajstić information content (AvgIpc) is 2.76. The molecule has 20 heavy (non-hydrogen) atoms. The molecule has 0 aliphatic carbocycles. The summed E-state index contributed by atoms with van der Waals surface area (Å²) in [6, 6.07) is 5.66. The number of carbonyl (C=O) groups is 2. The monoisotopic (exact) mass is 338 g/mol. The first-order valence-corrected chi connectivity index (χ1v) is 6.35. The lowest BCUT2D eigenvalue weighted by molar-refractivity contribution is 0.0696. The van der Waals surface area contributed by atoms with Crippen LogP contribution in [0.1, 0.15) is 10.4 Å². The van der Waals surface area contributed by atoms with Gasteiger partial charge in [-0.25, -0.2) is 9.59 Å². The first-order valence-electron chi connectivity index (χ1n) is 5.56. The summed E-state index contributed by atoms with van der Waals surface area (Å²) in [5, 5.41) is 18.1. The number of carbonyl (C=O) groups excluding carboxylic acids is 1. The van der Waals surface area contributed by atoms with E-state index in [1.165, 1.54) is 6.07 Å². The van der Waals surface area contributed by atoms with Gasteiger partial charge in [0, 0.05) is 29.5 Å². The van der Waals surface area contributed by atoms with Crippen LogP contribution in [0.15, 0.2) is 34.9 Å². The van der Waals surface area contributed by atoms with Crippen LogP contribution in [0.25, 0.3) is 0 Å². The Bertz CT molecular complexity index is 668. The van der Waals surface area contributed by atoms with Crippen molar-refractivity contribution in [2.24, 2.45) is 7.05 Å². The number of benzene rings is 1. The number of urea groups is 1. The molecule has 0 aliphatic heterocycles. The predicted molar refractivity (Wildman–Crippen MR) is 77.0 cm³/mol. The van der Waals surface area contributed by atoms with Crippen molar-refractivity contribution < 1.29 is 14.7 Å². The Morgan fingerprint density at radius 3 is 2.65 bits per heavy atom. The van der Waals surface area contributed by atoms with Crippen LogP contribution in [0.2, 0.25) is 0 Å². The third-order valence-electron chi connectivity index (χ3n) is 2.41. The Labute approximate surface area is 122 Å². The maximum absolute atomic E-state index is 11.7. The SMILES string of the molecule is Cn1ccc(NC(=O)Nc2ccc(Br)c(C(=O)O)c2)n1. The number of aryl methyl sites for hydroxylation is 1. The van der Waals surface area contributed by atoms with E-state index >= 15 is 0 Å². The molecule has 104 valence electrons. The lowest BCUT2D eigenvalue weighted by Gasteiger charge is -2.07. The Kier molecular flexibility index (Phi) is 4.04. The van der Waals surface area contributed by atoms with Crippen LogP contribution < -0.4 is 10.6 Å². The van der Waals surface area contributed by atoms with Gasteiger partial charge in [-0.15, -0.1) is 0 Å². The molecule has 0 spiro atoms. The minimum absolute atomic E-state index is 0.0700. The zero-order valence-corrected chi connectivity index (χ0v) is 12.0. The number of rotatable bonds is 3. The molecule has 0 atom stereocenters. The number of hydrogen-bond donors (Lipinski definition) is 3. The number of aromatic nitrogens is 2. The highest BCUT2D eigenvalue weighted by molar-refractivity contribution is 9.10. The van der Waals surface area contributed by atoms with E-state index in [0.29, 0.717) is 16.0 Å². The van der Waals surface area contributed by atoms with Gasteiger partial charge in [0.2, 0.25) is 0 Å². The topological polar surface area (TPSA) is 96.2 Å². The van der Waals surface area contributed by atoms with Crippen LogP contribution in [0, 0.1) is 0 Å². The molecular formula is C12H11BrN4O3. The summed E-state index contributed by atoms with van der Waals surface area (Å²) in [7, 11) is 1.73. The minimum Gasteiger partial charge on any atom is -0.478 e. The van der Waals surface area contributed by atoms with Crippen LogP contribution in [0.3, 0.4) is 0 Å². The van der Waals surface area contributed by atoms with Crippen LogP contribution in [0.4, 0.5) is 16.3 Å². The molecule has 0 bridgehead atoms. The van der Waals surface area contributed by atoms with E-state index in [4.69, 9.17) is 5.11 Å². The third-order valence-corrected chi connectivity index (χ3v) is 3.10. The van der Waals surface area contributed by atoms with E-state index in [1.807, 2.05) is 0 Å². The number of halogens is 1. The number of hydrogen-bond acceptors (Lipinski definition) is 3. The number of carboxylic acid groups (broad SMARTS) is 1. The smallest absolute Gasteiger partial charge is 0.336 e. The van der Waals surface area contributed by atoms with Crippen molar-refractivity contribution in [3.63, 3.8) is 0 Å². The van der Waals surface area contributed by atoms with Crippen molar-refractivity contribution in [2.75, 3.05) is 10.6 Å². The van der Waals surface area contributed by atoms with Gasteiger partial charge in [-0.3, -0.25) is 10.00 Å². The Morgan fingerprint density at radius 1 is 1.30 bits per heavy atom. The standard InChI is InChI=1S/C12H11BrN4O3/c1-17-5-4-10(16-17)15-12(20)14-7-2-3-9(13)8(6-7)11(18)19/h2-6H,1H3,(H,18,19)(H2,14,15,16,20). The van der Waals surface area contributed by atoms with Crippen LogP contribution in [-0.2, 0) is 7.05 Å². The van der Waals surface area contributed by atoms with Crippen molar-refractivity contribution in [3.05, 3.63) is 40.5 Å². The maximum atomic E-state index is 11.7. The molecule has 0 unspecified atom stereocenters. The lowest BCUT2D eigenvalue weighted by Crippen LogP contribution is -2.20. The fourth-order valence-electron chi connectivity index (χ4n) is 1.53. The van der Waals surface area contributed by atoms with Gasteiger partial charge < -0.3 is 10.4 Å². The van der Waals surface area contributed by atoms with Crippen molar-refractivity contribution >= 4 is 39.4 Å². The molecule has 0 saturated heterocycles. The van der Waals surface area contributed by atoms with Crippen molar-refractivity contribution in [2.45, 2.75) is 0 Å². The number of amides is 2. The quantitative estimate of drug-likeness (QED) is 0.801. The zero-order chi connectivity index (χ0) is 14.7. The molecular weight excluding hydrogens is 328 g/mol.